The number of aryl methyl sites for hydroxylation is 1. The van der Waals surface area contributed by atoms with E-state index >= 15 is 0 Å². The molecule has 138 valence electrons. The van der Waals surface area contributed by atoms with Gasteiger partial charge in [-0.05, 0) is 55.8 Å². The van der Waals surface area contributed by atoms with Crippen molar-refractivity contribution in [3.63, 3.8) is 0 Å². The second kappa shape index (κ2) is 7.95. The lowest BCUT2D eigenvalue weighted by Gasteiger charge is -2.21. The van der Waals surface area contributed by atoms with Gasteiger partial charge in [0, 0.05) is 30.2 Å². The van der Waals surface area contributed by atoms with Crippen LogP contribution in [-0.4, -0.2) is 17.4 Å². The molecule has 0 radical (unpaired) electrons. The summed E-state index contributed by atoms with van der Waals surface area (Å²) in [5.41, 5.74) is 2.67. The van der Waals surface area contributed by atoms with Crippen LogP contribution in [0.15, 0.2) is 60.8 Å². The topological polar surface area (TPSA) is 45.2 Å². The van der Waals surface area contributed by atoms with E-state index in [4.69, 9.17) is 0 Å². The van der Waals surface area contributed by atoms with Gasteiger partial charge in [0.1, 0.15) is 17.3 Å². The molecule has 0 aliphatic heterocycles. The van der Waals surface area contributed by atoms with Gasteiger partial charge in [0.25, 0.3) is 5.91 Å². The van der Waals surface area contributed by atoms with E-state index < -0.39 is 11.6 Å². The highest BCUT2D eigenvalue weighted by atomic mass is 19.1. The molecule has 0 unspecified atom stereocenters. The van der Waals surface area contributed by atoms with Crippen LogP contribution in [0.1, 0.15) is 23.0 Å². The first-order valence-electron chi connectivity index (χ1n) is 8.54. The number of halogens is 2. The Morgan fingerprint density at radius 3 is 2.63 bits per heavy atom. The number of carbonyl (C=O) groups is 1. The van der Waals surface area contributed by atoms with Gasteiger partial charge in [-0.25, -0.2) is 8.78 Å². The van der Waals surface area contributed by atoms with Gasteiger partial charge in [-0.3, -0.25) is 9.78 Å². The van der Waals surface area contributed by atoms with Gasteiger partial charge in [-0.15, -0.1) is 0 Å². The van der Waals surface area contributed by atoms with Crippen LogP contribution in [0, 0.1) is 18.6 Å². The fourth-order valence-corrected chi connectivity index (χ4v) is 2.75. The first-order chi connectivity index (χ1) is 13.0. The Morgan fingerprint density at radius 2 is 1.93 bits per heavy atom. The molecule has 27 heavy (non-hydrogen) atoms. The Bertz CT molecular complexity index is 975. The van der Waals surface area contributed by atoms with Crippen LogP contribution < -0.4 is 10.2 Å². The third-order valence-electron chi connectivity index (χ3n) is 4.06. The van der Waals surface area contributed by atoms with E-state index in [0.717, 1.165) is 23.4 Å². The molecule has 1 aromatic heterocycles. The maximum atomic E-state index is 13.8. The minimum atomic E-state index is -0.713. The minimum Gasteiger partial charge on any atom is -0.353 e. The molecule has 4 nitrogen and oxygen atoms in total. The normalized spacial score (nSPS) is 10.5. The van der Waals surface area contributed by atoms with Gasteiger partial charge in [-0.2, -0.15) is 0 Å². The second-order valence-corrected chi connectivity index (χ2v) is 6.07. The summed E-state index contributed by atoms with van der Waals surface area (Å²) in [4.78, 5) is 18.7. The van der Waals surface area contributed by atoms with Crippen LogP contribution in [0.2, 0.25) is 0 Å². The highest BCUT2D eigenvalue weighted by Gasteiger charge is 2.18. The summed E-state index contributed by atoms with van der Waals surface area (Å²) in [7, 11) is 0. The SMILES string of the molecule is CCN(C(=O)c1cc(Nc2ccc(F)cc2F)ccn1)c1cccc(C)c1. The average molecular weight is 367 g/mol. The van der Waals surface area contributed by atoms with E-state index in [2.05, 4.69) is 10.3 Å². The van der Waals surface area contributed by atoms with Crippen LogP contribution in [0.25, 0.3) is 0 Å². The predicted octanol–water partition coefficient (Wildman–Crippen LogP) is 5.08. The molecule has 1 amide bonds. The fourth-order valence-electron chi connectivity index (χ4n) is 2.75. The van der Waals surface area contributed by atoms with Gasteiger partial charge in [-0.1, -0.05) is 12.1 Å². The first kappa shape index (κ1) is 18.5. The van der Waals surface area contributed by atoms with Crippen molar-refractivity contribution in [2.24, 2.45) is 0 Å². The lowest BCUT2D eigenvalue weighted by Crippen LogP contribution is -2.31. The Morgan fingerprint density at radius 1 is 1.11 bits per heavy atom. The molecule has 3 rings (SSSR count). The Kier molecular flexibility index (Phi) is 5.45. The summed E-state index contributed by atoms with van der Waals surface area (Å²) in [5.74, 6) is -1.62. The van der Waals surface area contributed by atoms with Gasteiger partial charge < -0.3 is 10.2 Å². The first-order valence-corrected chi connectivity index (χ1v) is 8.54. The molecule has 0 aliphatic rings. The summed E-state index contributed by atoms with van der Waals surface area (Å²) >= 11 is 0. The number of pyridine rings is 1. The highest BCUT2D eigenvalue weighted by molar-refractivity contribution is 6.05. The van der Waals surface area contributed by atoms with Gasteiger partial charge in [0.05, 0.1) is 5.69 Å². The maximum Gasteiger partial charge on any atom is 0.276 e. The number of hydrogen-bond acceptors (Lipinski definition) is 3. The van der Waals surface area contributed by atoms with Gasteiger partial charge in [0.15, 0.2) is 0 Å². The molecule has 0 atom stereocenters. The molecule has 0 aliphatic carbocycles. The van der Waals surface area contributed by atoms with E-state index in [1.165, 1.54) is 12.3 Å². The van der Waals surface area contributed by atoms with E-state index in [9.17, 15) is 13.6 Å². The number of nitrogens with zero attached hydrogens (tertiary/aromatic N) is 2. The van der Waals surface area contributed by atoms with Crippen molar-refractivity contribution in [2.75, 3.05) is 16.8 Å². The number of benzene rings is 2. The summed E-state index contributed by atoms with van der Waals surface area (Å²) in [6.45, 7) is 4.33. The summed E-state index contributed by atoms with van der Waals surface area (Å²) in [5, 5.41) is 2.85. The lowest BCUT2D eigenvalue weighted by molar-refractivity contribution is 0.0983. The Hall–Kier alpha value is -3.28. The van der Waals surface area contributed by atoms with Crippen molar-refractivity contribution in [1.29, 1.82) is 0 Å². The van der Waals surface area contributed by atoms with E-state index in [0.29, 0.717) is 12.2 Å². The van der Waals surface area contributed by atoms with E-state index in [-0.39, 0.29) is 17.3 Å². The second-order valence-electron chi connectivity index (χ2n) is 6.07. The third kappa shape index (κ3) is 4.28. The molecule has 0 saturated carbocycles. The quantitative estimate of drug-likeness (QED) is 0.684. The standard InChI is InChI=1S/C21H19F2N3O/c1-3-26(17-6-4-5-14(2)11-17)21(27)20-13-16(9-10-24-20)25-19-8-7-15(22)12-18(19)23/h4-13H,3H2,1-2H3,(H,24,25). The zero-order valence-electron chi connectivity index (χ0n) is 15.0. The zero-order valence-corrected chi connectivity index (χ0v) is 15.0. The van der Waals surface area contributed by atoms with Crippen LogP contribution in [-0.2, 0) is 0 Å². The number of anilines is 3. The predicted molar refractivity (Wildman–Crippen MR) is 102 cm³/mol. The minimum absolute atomic E-state index is 0.118. The number of amides is 1. The molecular formula is C21H19F2N3O. The number of nitrogens with one attached hydrogen (secondary N) is 1. The van der Waals surface area contributed by atoms with Crippen molar-refractivity contribution >= 4 is 23.0 Å². The van der Waals surface area contributed by atoms with Crippen LogP contribution in [0.4, 0.5) is 25.8 Å². The summed E-state index contributed by atoms with van der Waals surface area (Å²) in [6.07, 6.45) is 1.47. The largest absolute Gasteiger partial charge is 0.353 e. The zero-order chi connectivity index (χ0) is 19.4. The Balaban J connectivity index is 1.86. The molecule has 1 heterocycles. The monoisotopic (exact) mass is 367 g/mol. The highest BCUT2D eigenvalue weighted by Crippen LogP contribution is 2.22. The molecular weight excluding hydrogens is 348 g/mol. The molecule has 2 aromatic carbocycles. The van der Waals surface area contributed by atoms with Gasteiger partial charge in [0.2, 0.25) is 0 Å². The van der Waals surface area contributed by atoms with Crippen molar-refractivity contribution in [3.8, 4) is 0 Å². The Labute approximate surface area is 156 Å². The molecule has 1 N–H and O–H groups in total. The van der Waals surface area contributed by atoms with Crippen LogP contribution in [0.5, 0.6) is 0 Å². The fraction of sp³-hybridized carbons (Fsp3) is 0.143. The molecule has 0 fully saturated rings. The number of rotatable bonds is 5. The third-order valence-corrected chi connectivity index (χ3v) is 4.06. The van der Waals surface area contributed by atoms with Gasteiger partial charge >= 0.3 is 0 Å². The van der Waals surface area contributed by atoms with E-state index in [1.807, 2.05) is 38.1 Å². The smallest absolute Gasteiger partial charge is 0.276 e. The number of carbonyl (C=O) groups excluding carboxylic acids is 1. The van der Waals surface area contributed by atoms with Crippen LogP contribution in [0.3, 0.4) is 0 Å². The number of aromatic nitrogens is 1. The lowest BCUT2D eigenvalue weighted by atomic mass is 10.2. The average Bonchev–Trinajstić information content (AvgIpc) is 2.65. The molecule has 0 bridgehead atoms. The number of hydrogen-bond donors (Lipinski definition) is 1. The molecule has 0 saturated heterocycles. The molecule has 3 aromatic rings. The van der Waals surface area contributed by atoms with Crippen molar-refractivity contribution in [1.82, 2.24) is 4.98 Å². The van der Waals surface area contributed by atoms with E-state index in [1.54, 1.807) is 17.0 Å². The maximum absolute atomic E-state index is 13.8. The van der Waals surface area contributed by atoms with Crippen molar-refractivity contribution < 1.29 is 13.6 Å². The summed E-state index contributed by atoms with van der Waals surface area (Å²) < 4.78 is 26.9. The van der Waals surface area contributed by atoms with Crippen molar-refractivity contribution in [3.05, 3.63) is 83.7 Å². The molecule has 0 spiro atoms. The summed E-state index contributed by atoms with van der Waals surface area (Å²) in [6, 6.07) is 14.1. The van der Waals surface area contributed by atoms with Crippen LogP contribution >= 0.6 is 0 Å². The molecule has 6 heteroatoms. The van der Waals surface area contributed by atoms with Crippen molar-refractivity contribution in [2.45, 2.75) is 13.8 Å².